The Kier molecular flexibility index (Phi) is 4.39. The second-order valence-electron chi connectivity index (χ2n) is 5.96. The van der Waals surface area contributed by atoms with Gasteiger partial charge in [0.25, 0.3) is 11.8 Å². The Morgan fingerprint density at radius 3 is 2.08 bits per heavy atom. The number of alkyl halides is 1. The van der Waals surface area contributed by atoms with Crippen LogP contribution in [0.3, 0.4) is 0 Å². The van der Waals surface area contributed by atoms with Crippen molar-refractivity contribution in [1.29, 1.82) is 0 Å². The Bertz CT molecular complexity index is 826. The van der Waals surface area contributed by atoms with Gasteiger partial charge in [0.05, 0.1) is 22.1 Å². The molecule has 2 aliphatic carbocycles. The van der Waals surface area contributed by atoms with Crippen molar-refractivity contribution in [2.45, 2.75) is 42.4 Å². The molecule has 0 aromatic heterocycles. The van der Waals surface area contributed by atoms with Crippen LogP contribution in [0.2, 0.25) is 0 Å². The number of rotatable bonds is 5. The third-order valence-electron chi connectivity index (χ3n) is 3.81. The zero-order valence-corrected chi connectivity index (χ0v) is 14.8. The van der Waals surface area contributed by atoms with Crippen molar-refractivity contribution < 1.29 is 22.4 Å². The van der Waals surface area contributed by atoms with E-state index in [0.717, 1.165) is 25.0 Å². The summed E-state index contributed by atoms with van der Waals surface area (Å²) in [5.74, 6) is -1.17. The van der Waals surface area contributed by atoms with Gasteiger partial charge in [0.2, 0.25) is 10.0 Å². The standard InChI is InChI=1S/C14H15BrFN3O4S/c15-12-8(13(20)18-6-1-2-6)3-7(24(17,22)23)4-9(12)14(21)19-11-5-10(11)16/h3-4,6,10-11H,1-2,5H2,(H,18,20)(H,19,21)(H2,17,22,23)/t10-,11+/m1/s1. The van der Waals surface area contributed by atoms with Gasteiger partial charge in [0, 0.05) is 16.9 Å². The SMILES string of the molecule is NS(=O)(=O)c1cc(C(=O)NC2CC2)c(Br)c(C(=O)N[C@H]2C[C@H]2F)c1. The zero-order chi connectivity index (χ0) is 17.6. The number of nitrogens with one attached hydrogen (secondary N) is 2. The van der Waals surface area contributed by atoms with E-state index in [2.05, 4.69) is 26.6 Å². The summed E-state index contributed by atoms with van der Waals surface area (Å²) in [5.41, 5.74) is -0.0901. The van der Waals surface area contributed by atoms with Gasteiger partial charge in [-0.1, -0.05) is 0 Å². The van der Waals surface area contributed by atoms with E-state index in [1.165, 1.54) is 0 Å². The summed E-state index contributed by atoms with van der Waals surface area (Å²) in [4.78, 5) is 24.2. The van der Waals surface area contributed by atoms with E-state index in [4.69, 9.17) is 5.14 Å². The summed E-state index contributed by atoms with van der Waals surface area (Å²) < 4.78 is 36.4. The number of amides is 2. The van der Waals surface area contributed by atoms with Crippen molar-refractivity contribution in [3.05, 3.63) is 27.7 Å². The predicted molar refractivity (Wildman–Crippen MR) is 86.8 cm³/mol. The highest BCUT2D eigenvalue weighted by Gasteiger charge is 2.39. The molecule has 0 spiro atoms. The van der Waals surface area contributed by atoms with Gasteiger partial charge in [0.15, 0.2) is 0 Å². The maximum absolute atomic E-state index is 13.0. The van der Waals surface area contributed by atoms with Gasteiger partial charge in [0.1, 0.15) is 6.17 Å². The van der Waals surface area contributed by atoms with Crippen LogP contribution >= 0.6 is 15.9 Å². The highest BCUT2D eigenvalue weighted by atomic mass is 79.9. The van der Waals surface area contributed by atoms with Crippen molar-refractivity contribution >= 4 is 37.8 Å². The molecular weight excluding hydrogens is 405 g/mol. The van der Waals surface area contributed by atoms with Gasteiger partial charge >= 0.3 is 0 Å². The molecule has 7 nitrogen and oxygen atoms in total. The molecule has 0 heterocycles. The fourth-order valence-corrected chi connectivity index (χ4v) is 3.30. The molecule has 2 atom stereocenters. The maximum Gasteiger partial charge on any atom is 0.252 e. The predicted octanol–water partition coefficient (Wildman–Crippen LogP) is 0.829. The van der Waals surface area contributed by atoms with Crippen LogP contribution in [0.4, 0.5) is 4.39 Å². The van der Waals surface area contributed by atoms with Gasteiger partial charge in [-0.2, -0.15) is 0 Å². The largest absolute Gasteiger partial charge is 0.349 e. The summed E-state index contributed by atoms with van der Waals surface area (Å²) in [7, 11) is -4.12. The van der Waals surface area contributed by atoms with E-state index in [1.807, 2.05) is 0 Å². The average molecular weight is 420 g/mol. The number of hydrogen-bond donors (Lipinski definition) is 3. The first-order valence-corrected chi connectivity index (χ1v) is 9.63. The van der Waals surface area contributed by atoms with Gasteiger partial charge < -0.3 is 10.6 Å². The van der Waals surface area contributed by atoms with Crippen LogP contribution in [0.25, 0.3) is 0 Å². The molecule has 0 saturated heterocycles. The second kappa shape index (κ2) is 6.08. The summed E-state index contributed by atoms with van der Waals surface area (Å²) >= 11 is 3.17. The van der Waals surface area contributed by atoms with Crippen molar-refractivity contribution in [1.82, 2.24) is 10.6 Å². The normalized spacial score (nSPS) is 22.8. The van der Waals surface area contributed by atoms with Crippen molar-refractivity contribution in [3.63, 3.8) is 0 Å². The lowest BCUT2D eigenvalue weighted by Crippen LogP contribution is -2.30. The number of nitrogens with two attached hydrogens (primary N) is 1. The monoisotopic (exact) mass is 419 g/mol. The Hall–Kier alpha value is -1.52. The first-order chi connectivity index (χ1) is 11.2. The van der Waals surface area contributed by atoms with Crippen LogP contribution in [0, 0.1) is 0 Å². The maximum atomic E-state index is 13.0. The Labute approximate surface area is 146 Å². The zero-order valence-electron chi connectivity index (χ0n) is 12.4. The van der Waals surface area contributed by atoms with Gasteiger partial charge in [-0.25, -0.2) is 17.9 Å². The molecular formula is C14H15BrFN3O4S. The number of carbonyl (C=O) groups excluding carboxylic acids is 2. The number of primary sulfonamides is 1. The molecule has 2 aliphatic rings. The van der Waals surface area contributed by atoms with Crippen LogP contribution < -0.4 is 15.8 Å². The molecule has 2 amide bonds. The lowest BCUT2D eigenvalue weighted by Gasteiger charge is -2.12. The summed E-state index contributed by atoms with van der Waals surface area (Å²) in [6, 6.07) is 1.64. The summed E-state index contributed by atoms with van der Waals surface area (Å²) in [6.07, 6.45) is 0.815. The smallest absolute Gasteiger partial charge is 0.252 e. The molecule has 0 aliphatic heterocycles. The van der Waals surface area contributed by atoms with E-state index in [9.17, 15) is 22.4 Å². The van der Waals surface area contributed by atoms with Gasteiger partial charge in [-0.05, 0) is 40.9 Å². The fraction of sp³-hybridized carbons (Fsp3) is 0.429. The third kappa shape index (κ3) is 3.76. The minimum Gasteiger partial charge on any atom is -0.349 e. The number of benzene rings is 1. The second-order valence-corrected chi connectivity index (χ2v) is 8.31. The Morgan fingerprint density at radius 2 is 1.67 bits per heavy atom. The molecule has 0 bridgehead atoms. The van der Waals surface area contributed by atoms with E-state index in [0.29, 0.717) is 0 Å². The molecule has 0 unspecified atom stereocenters. The van der Waals surface area contributed by atoms with Crippen LogP contribution in [0.15, 0.2) is 21.5 Å². The van der Waals surface area contributed by atoms with Crippen LogP contribution in [-0.2, 0) is 10.0 Å². The minimum absolute atomic E-state index is 0.00818. The Morgan fingerprint density at radius 1 is 1.17 bits per heavy atom. The first-order valence-electron chi connectivity index (χ1n) is 7.29. The number of sulfonamides is 1. The summed E-state index contributed by atoms with van der Waals surface area (Å²) in [6.45, 7) is 0. The third-order valence-corrected chi connectivity index (χ3v) is 5.55. The van der Waals surface area contributed by atoms with Gasteiger partial charge in [-0.3, -0.25) is 9.59 Å². The number of hydrogen-bond acceptors (Lipinski definition) is 4. The summed E-state index contributed by atoms with van der Waals surface area (Å²) in [5, 5.41) is 10.3. The van der Waals surface area contributed by atoms with Crippen LogP contribution in [0.5, 0.6) is 0 Å². The molecule has 3 rings (SSSR count). The van der Waals surface area contributed by atoms with E-state index >= 15 is 0 Å². The van der Waals surface area contributed by atoms with E-state index < -0.39 is 34.1 Å². The van der Waals surface area contributed by atoms with Crippen LogP contribution in [-0.4, -0.2) is 38.5 Å². The highest BCUT2D eigenvalue weighted by molar-refractivity contribution is 9.10. The lowest BCUT2D eigenvalue weighted by molar-refractivity contribution is 0.0946. The molecule has 1 aromatic rings. The topological polar surface area (TPSA) is 118 Å². The van der Waals surface area contributed by atoms with E-state index in [-0.39, 0.29) is 33.0 Å². The fourth-order valence-electron chi connectivity index (χ4n) is 2.14. The molecule has 4 N–H and O–H groups in total. The number of halogens is 2. The van der Waals surface area contributed by atoms with E-state index in [1.54, 1.807) is 0 Å². The molecule has 24 heavy (non-hydrogen) atoms. The molecule has 10 heteroatoms. The lowest BCUT2D eigenvalue weighted by atomic mass is 10.1. The van der Waals surface area contributed by atoms with Crippen molar-refractivity contribution in [3.8, 4) is 0 Å². The Balaban J connectivity index is 1.99. The van der Waals surface area contributed by atoms with Gasteiger partial charge in [-0.15, -0.1) is 0 Å². The molecule has 1 aromatic carbocycles. The molecule has 2 fully saturated rings. The quantitative estimate of drug-likeness (QED) is 0.654. The number of carbonyl (C=O) groups is 2. The molecule has 0 radical (unpaired) electrons. The molecule has 2 saturated carbocycles. The molecule has 130 valence electrons. The van der Waals surface area contributed by atoms with Crippen molar-refractivity contribution in [2.75, 3.05) is 0 Å². The first kappa shape index (κ1) is 17.3. The van der Waals surface area contributed by atoms with Crippen molar-refractivity contribution in [2.24, 2.45) is 5.14 Å². The average Bonchev–Trinajstić information content (AvgIpc) is 3.38. The highest BCUT2D eigenvalue weighted by Crippen LogP contribution is 2.30. The van der Waals surface area contributed by atoms with Crippen LogP contribution in [0.1, 0.15) is 40.0 Å². The minimum atomic E-state index is -4.12.